The fraction of sp³-hybridized carbons (Fsp3) is 1.00. The highest BCUT2D eigenvalue weighted by molar-refractivity contribution is 9.36. The largest absolute Gasteiger partial charge is 0.374 e. The normalized spacial score (nSPS) is 34.0. The summed E-state index contributed by atoms with van der Waals surface area (Å²) >= 11 is 46.9. The first-order chi connectivity index (χ1) is 8.75. The van der Waals surface area contributed by atoms with Crippen molar-refractivity contribution in [2.75, 3.05) is 0 Å². The molecule has 0 aromatic carbocycles. The zero-order valence-electron chi connectivity index (χ0n) is 8.86. The van der Waals surface area contributed by atoms with Crippen molar-refractivity contribution in [3.63, 3.8) is 0 Å². The Morgan fingerprint density at radius 2 is 0.476 bits per heavy atom. The molecule has 0 amide bonds. The quantitative estimate of drug-likeness (QED) is 0.190. The van der Waals surface area contributed by atoms with E-state index in [1.54, 1.807) is 0 Å². The minimum Gasteiger partial charge on any atom is -0.374 e. The summed E-state index contributed by atoms with van der Waals surface area (Å²) < 4.78 is -7.67. The zero-order chi connectivity index (χ0) is 17.5. The molecule has 0 saturated heterocycles. The summed E-state index contributed by atoms with van der Waals surface area (Å²) in [6.45, 7) is 0. The van der Waals surface area contributed by atoms with Crippen LogP contribution in [0.5, 0.6) is 0 Å². The van der Waals surface area contributed by atoms with Crippen LogP contribution in [0.4, 0.5) is 0 Å². The average Bonchev–Trinajstić information content (AvgIpc) is 2.26. The van der Waals surface area contributed by atoms with Crippen LogP contribution >= 0.6 is 207 Å². The molecular weight excluding hydrogens is 1140 g/mol. The molecule has 126 valence electrons. The van der Waals surface area contributed by atoms with Gasteiger partial charge in [0.2, 0.25) is 0 Å². The first-order valence-electron chi connectivity index (χ1n) is 4.43. The van der Waals surface area contributed by atoms with Crippen molar-refractivity contribution in [3.8, 4) is 0 Å². The lowest BCUT2D eigenvalue weighted by Crippen LogP contribution is -2.62. The van der Waals surface area contributed by atoms with Gasteiger partial charge in [0.15, 0.2) is 4.51 Å². The Labute approximate surface area is 231 Å². The van der Waals surface area contributed by atoms with Gasteiger partial charge in [0, 0.05) is 0 Å². The Balaban J connectivity index is 3.97. The molecule has 1 saturated carbocycles. The molecule has 1 fully saturated rings. The topological polar surface area (TPSA) is 20.2 Å². The van der Waals surface area contributed by atoms with Crippen molar-refractivity contribution >= 4 is 207 Å². The zero-order valence-corrected chi connectivity index (χ0v) is 29.5. The third-order valence-corrected chi connectivity index (χ3v) is 31.0. The van der Waals surface area contributed by atoms with E-state index in [-0.39, 0.29) is 0 Å². The van der Waals surface area contributed by atoms with Crippen LogP contribution in [-0.2, 0) is 0 Å². The predicted molar refractivity (Wildman–Crippen MR) is 137 cm³/mol. The van der Waals surface area contributed by atoms with E-state index in [0.717, 1.165) is 0 Å². The smallest absolute Gasteiger partial charge is 0.174 e. The number of halogens is 13. The molecule has 1 nitrogen and oxygen atoms in total. The highest BCUT2D eigenvalue weighted by atomic mass is 79.9. The van der Waals surface area contributed by atoms with Gasteiger partial charge in [0.25, 0.3) is 0 Å². The van der Waals surface area contributed by atoms with Gasteiger partial charge in [-0.1, -0.05) is 191 Å². The fourth-order valence-electron chi connectivity index (χ4n) is 1.40. The molecule has 0 atom stereocenters. The molecule has 0 unspecified atom stereocenters. The number of alkyl halides is 13. The third kappa shape index (κ3) is 3.20. The van der Waals surface area contributed by atoms with Crippen LogP contribution in [0.1, 0.15) is 0 Å². The minimum absolute atomic E-state index is 0.912. The maximum Gasteiger partial charge on any atom is 0.174 e. The molecule has 0 spiro atoms. The van der Waals surface area contributed by atoms with Crippen LogP contribution in [0.25, 0.3) is 0 Å². The first kappa shape index (κ1) is 25.2. The van der Waals surface area contributed by atoms with Crippen LogP contribution in [0.15, 0.2) is 0 Å². The molecule has 1 aliphatic carbocycles. The number of rotatable bonds is 0. The van der Waals surface area contributed by atoms with Gasteiger partial charge in [-0.05, 0) is 15.9 Å². The summed E-state index contributed by atoms with van der Waals surface area (Å²) in [6, 6.07) is 0. The average molecular weight is 1140 g/mol. The molecule has 0 bridgehead atoms. The molecule has 1 rings (SSSR count). The number of hydrogen-bond donors (Lipinski definition) is 1. The first-order valence-corrected chi connectivity index (χ1v) is 14.7. The minimum atomic E-state index is -1.59. The maximum absolute atomic E-state index is 11.3. The monoisotopic (exact) mass is 1130 g/mol. The Morgan fingerprint density at radius 3 is 0.667 bits per heavy atom. The van der Waals surface area contributed by atoms with E-state index in [4.69, 9.17) is 0 Å². The van der Waals surface area contributed by atoms with E-state index in [2.05, 4.69) is 207 Å². The van der Waals surface area contributed by atoms with E-state index in [9.17, 15) is 5.11 Å². The lowest BCUT2D eigenvalue weighted by atomic mass is 10.1. The van der Waals surface area contributed by atoms with E-state index < -0.39 is 23.9 Å². The lowest BCUT2D eigenvalue weighted by molar-refractivity contribution is 0.128. The highest BCUT2D eigenvalue weighted by Crippen LogP contribution is 2.81. The summed E-state index contributed by atoms with van der Waals surface area (Å²) in [4.78, 5) is 0. The number of aliphatic hydroxyl groups is 1. The van der Waals surface area contributed by atoms with Gasteiger partial charge in [-0.3, -0.25) is 0 Å². The van der Waals surface area contributed by atoms with Crippen molar-refractivity contribution < 1.29 is 5.11 Å². The number of hydrogen-bond acceptors (Lipinski definition) is 1. The summed E-state index contributed by atoms with van der Waals surface area (Å²) in [6.07, 6.45) is 0. The van der Waals surface area contributed by atoms with Gasteiger partial charge in [-0.15, -0.1) is 0 Å². The van der Waals surface area contributed by atoms with Gasteiger partial charge in [0.1, 0.15) is 19.4 Å². The van der Waals surface area contributed by atoms with Crippen LogP contribution in [0, 0.1) is 0 Å². The molecule has 0 radical (unpaired) electrons. The third-order valence-electron chi connectivity index (χ3n) is 2.80. The molecule has 0 aromatic rings. The van der Waals surface area contributed by atoms with Crippen molar-refractivity contribution in [1.29, 1.82) is 0 Å². The molecule has 14 heteroatoms. The van der Waals surface area contributed by atoms with E-state index in [1.807, 2.05) is 0 Å². The van der Waals surface area contributed by atoms with Gasteiger partial charge >= 0.3 is 0 Å². The Morgan fingerprint density at radius 1 is 0.333 bits per heavy atom. The second kappa shape index (κ2) is 7.16. The van der Waals surface area contributed by atoms with E-state index in [0.29, 0.717) is 0 Å². The van der Waals surface area contributed by atoms with E-state index in [1.165, 1.54) is 0 Å². The molecule has 0 aromatic heterocycles. The van der Waals surface area contributed by atoms with Crippen LogP contribution in [0.2, 0.25) is 0 Å². The van der Waals surface area contributed by atoms with E-state index >= 15 is 0 Å². The summed E-state index contributed by atoms with van der Waals surface area (Å²) in [5.41, 5.74) is 0. The second-order valence-electron chi connectivity index (χ2n) is 4.07. The molecular formula is C7HBr13O. The van der Waals surface area contributed by atoms with Crippen LogP contribution in [0.3, 0.4) is 0 Å². The molecule has 21 heavy (non-hydrogen) atoms. The van der Waals surface area contributed by atoms with Crippen LogP contribution in [-0.4, -0.2) is 29.0 Å². The summed E-state index contributed by atoms with van der Waals surface area (Å²) in [7, 11) is 0. The van der Waals surface area contributed by atoms with Gasteiger partial charge in [0.05, 0.1) is 0 Å². The van der Waals surface area contributed by atoms with Crippen molar-refractivity contribution in [2.24, 2.45) is 0 Å². The van der Waals surface area contributed by atoms with Crippen molar-refractivity contribution in [3.05, 3.63) is 0 Å². The molecule has 0 aliphatic heterocycles. The fourth-order valence-corrected chi connectivity index (χ4v) is 15.5. The molecule has 1 aliphatic rings. The standard InChI is InChI=1S/C7HBr13O/c8-1(9)2(10,11)4(14,15)6(18,19)7(20,21)5(16,17)3(1,12)13/h21H. The maximum atomic E-state index is 11.3. The van der Waals surface area contributed by atoms with Gasteiger partial charge in [-0.25, -0.2) is 0 Å². The molecule has 0 heterocycles. The Hall–Kier alpha value is 6.20. The highest BCUT2D eigenvalue weighted by Gasteiger charge is 2.84. The predicted octanol–water partition coefficient (Wildman–Crippen LogP) is 9.00. The summed E-state index contributed by atoms with van der Waals surface area (Å²) in [5.74, 6) is 0. The Kier molecular flexibility index (Phi) is 8.61. The second-order valence-corrected chi connectivity index (χ2v) is 25.9. The SMILES string of the molecule is OC1(Br)C(Br)(Br)C(Br)(Br)C(Br)(Br)C(Br)(Br)C(Br)(Br)C1(Br)Br. The molecule has 1 N–H and O–H groups in total. The van der Waals surface area contributed by atoms with Gasteiger partial charge in [-0.2, -0.15) is 0 Å². The van der Waals surface area contributed by atoms with Crippen molar-refractivity contribution in [1.82, 2.24) is 0 Å². The van der Waals surface area contributed by atoms with Gasteiger partial charge < -0.3 is 5.11 Å². The van der Waals surface area contributed by atoms with Crippen molar-refractivity contribution in [2.45, 2.75) is 23.9 Å². The summed E-state index contributed by atoms with van der Waals surface area (Å²) in [5, 5.41) is 11.3. The Bertz CT molecular complexity index is 304. The van der Waals surface area contributed by atoms with Crippen LogP contribution < -0.4 is 0 Å². The lowest BCUT2D eigenvalue weighted by Gasteiger charge is -2.49.